The summed E-state index contributed by atoms with van der Waals surface area (Å²) in [5, 5.41) is 11.7. The predicted molar refractivity (Wildman–Crippen MR) is 320 cm³/mol. The lowest BCUT2D eigenvalue weighted by Gasteiger charge is -2.26. The van der Waals surface area contributed by atoms with Gasteiger partial charge in [-0.2, -0.15) is 0 Å². The number of hydrogen-bond acceptors (Lipinski definition) is 8. The molecular weight excluding hydrogens is 947 g/mol. The number of rotatable bonds is 61. The maximum absolute atomic E-state index is 12.8. The molecule has 0 fully saturated rings. The Morgan fingerprint density at radius 1 is 0.395 bits per heavy atom. The molecule has 0 bridgehead atoms. The Kier molecular flexibility index (Phi) is 56.7. The van der Waals surface area contributed by atoms with E-state index in [0.717, 1.165) is 70.6 Å². The molecule has 0 N–H and O–H groups in total. The summed E-state index contributed by atoms with van der Waals surface area (Å²) in [6.45, 7) is 4.69. The average molecular weight is 1070 g/mol. The molecule has 0 aromatic rings. The summed E-state index contributed by atoms with van der Waals surface area (Å²) < 4.78 is 22.6. The predicted octanol–water partition coefficient (Wildman–Crippen LogP) is 18.3. The van der Waals surface area contributed by atoms with E-state index in [0.29, 0.717) is 11.0 Å². The van der Waals surface area contributed by atoms with Crippen LogP contribution in [0.1, 0.15) is 316 Å². The van der Waals surface area contributed by atoms with Crippen molar-refractivity contribution >= 4 is 17.9 Å². The first-order valence-corrected chi connectivity index (χ1v) is 32.6. The van der Waals surface area contributed by atoms with Gasteiger partial charge in [0, 0.05) is 12.8 Å². The van der Waals surface area contributed by atoms with E-state index in [4.69, 9.17) is 18.9 Å². The number of nitrogens with zero attached hydrogens (tertiary/aromatic N) is 1. The van der Waals surface area contributed by atoms with Gasteiger partial charge in [0.15, 0.2) is 12.4 Å². The number of carbonyl (C=O) groups excluding carboxylic acids is 3. The number of carboxylic acids is 1. The molecule has 0 saturated carbocycles. The molecule has 0 radical (unpaired) electrons. The first kappa shape index (κ1) is 73.5. The highest BCUT2D eigenvalue weighted by atomic mass is 16.7. The molecule has 0 aliphatic carbocycles. The van der Waals surface area contributed by atoms with Crippen molar-refractivity contribution < 1.29 is 42.9 Å². The first-order valence-electron chi connectivity index (χ1n) is 32.6. The minimum absolute atomic E-state index is 0.149. The number of aliphatic carboxylic acids is 1. The van der Waals surface area contributed by atoms with Gasteiger partial charge in [-0.3, -0.25) is 9.59 Å². The van der Waals surface area contributed by atoms with Crippen molar-refractivity contribution in [3.63, 3.8) is 0 Å². The highest BCUT2D eigenvalue weighted by Crippen LogP contribution is 2.18. The number of hydrogen-bond donors (Lipinski definition) is 0. The van der Waals surface area contributed by atoms with Crippen LogP contribution in [0.4, 0.5) is 0 Å². The summed E-state index contributed by atoms with van der Waals surface area (Å²) in [5.41, 5.74) is 0. The second-order valence-electron chi connectivity index (χ2n) is 23.4. The van der Waals surface area contributed by atoms with E-state index < -0.39 is 24.3 Å². The Labute approximate surface area is 470 Å². The van der Waals surface area contributed by atoms with Crippen LogP contribution in [0.3, 0.4) is 0 Å². The van der Waals surface area contributed by atoms with Gasteiger partial charge in [0.05, 0.1) is 40.3 Å². The molecule has 0 aromatic carbocycles. The highest BCUT2D eigenvalue weighted by Gasteiger charge is 2.22. The lowest BCUT2D eigenvalue weighted by atomic mass is 10.0. The van der Waals surface area contributed by atoms with Gasteiger partial charge in [-0.15, -0.1) is 0 Å². The van der Waals surface area contributed by atoms with E-state index in [-0.39, 0.29) is 38.6 Å². The Hall–Kier alpha value is -2.49. The van der Waals surface area contributed by atoms with Crippen LogP contribution in [0.2, 0.25) is 0 Å². The molecule has 9 heteroatoms. The maximum atomic E-state index is 12.8. The molecule has 0 aromatic heterocycles. The van der Waals surface area contributed by atoms with Crippen molar-refractivity contribution in [3.05, 3.63) is 36.5 Å². The zero-order chi connectivity index (χ0) is 55.5. The summed E-state index contributed by atoms with van der Waals surface area (Å²) in [7, 11) is 5.92. The lowest BCUT2D eigenvalue weighted by molar-refractivity contribution is -0.870. The summed E-state index contributed by atoms with van der Waals surface area (Å²) in [6, 6.07) is 0. The number of carboxylic acid groups (broad SMARTS) is 1. The van der Waals surface area contributed by atoms with Gasteiger partial charge in [-0.1, -0.05) is 275 Å². The number of unbranched alkanes of at least 4 members (excludes halogenated alkanes) is 40. The second kappa shape index (κ2) is 58.7. The lowest BCUT2D eigenvalue weighted by Crippen LogP contribution is -2.44. The molecule has 0 rings (SSSR count). The van der Waals surface area contributed by atoms with E-state index in [9.17, 15) is 19.5 Å². The van der Waals surface area contributed by atoms with Gasteiger partial charge in [0.1, 0.15) is 13.2 Å². The SMILES string of the molecule is CCC/C=C\CCCCCCCC(=O)OCC(COC(OCC[N+](C)(C)C)C(=O)[O-])OC(=O)CCCCCCCCCCCCCCCCCCCCCCCCCCCCCCC/C=C\C/C=C\CCCCCCC. The Morgan fingerprint density at radius 2 is 0.737 bits per heavy atom. The quantitative estimate of drug-likeness (QED) is 0.0195. The molecule has 0 spiro atoms. The molecular formula is C67H125NO8. The number of likely N-dealkylation sites (N-methyl/N-ethyl adjacent to an activating group) is 1. The molecule has 0 saturated heterocycles. The van der Waals surface area contributed by atoms with E-state index in [2.05, 4.69) is 50.3 Å². The van der Waals surface area contributed by atoms with Crippen molar-refractivity contribution in [1.29, 1.82) is 0 Å². The molecule has 0 aliphatic heterocycles. The zero-order valence-electron chi connectivity index (χ0n) is 50.9. The Morgan fingerprint density at radius 3 is 1.11 bits per heavy atom. The van der Waals surface area contributed by atoms with Crippen molar-refractivity contribution in [2.75, 3.05) is 47.5 Å². The summed E-state index contributed by atoms with van der Waals surface area (Å²) in [6.07, 6.45) is 69.8. The van der Waals surface area contributed by atoms with Gasteiger partial charge < -0.3 is 33.3 Å². The van der Waals surface area contributed by atoms with Crippen LogP contribution in [0, 0.1) is 0 Å². The molecule has 446 valence electrons. The van der Waals surface area contributed by atoms with Gasteiger partial charge in [-0.05, 0) is 64.2 Å². The maximum Gasteiger partial charge on any atom is 0.306 e. The smallest absolute Gasteiger partial charge is 0.306 e. The zero-order valence-corrected chi connectivity index (χ0v) is 50.9. The summed E-state index contributed by atoms with van der Waals surface area (Å²) in [4.78, 5) is 37.1. The van der Waals surface area contributed by atoms with Crippen molar-refractivity contribution in [2.45, 2.75) is 328 Å². The van der Waals surface area contributed by atoms with Gasteiger partial charge in [0.2, 0.25) is 0 Å². The highest BCUT2D eigenvalue weighted by molar-refractivity contribution is 5.70. The molecule has 0 heterocycles. The minimum atomic E-state index is -1.62. The Balaban J connectivity index is 3.83. The second-order valence-corrected chi connectivity index (χ2v) is 23.4. The molecule has 9 nitrogen and oxygen atoms in total. The fourth-order valence-electron chi connectivity index (χ4n) is 9.57. The number of allylic oxidation sites excluding steroid dienone is 6. The fourth-order valence-corrected chi connectivity index (χ4v) is 9.57. The van der Waals surface area contributed by atoms with E-state index in [1.807, 2.05) is 21.1 Å². The Bertz CT molecular complexity index is 1340. The van der Waals surface area contributed by atoms with Crippen LogP contribution in [0.15, 0.2) is 36.5 Å². The number of carbonyl (C=O) groups is 3. The molecule has 76 heavy (non-hydrogen) atoms. The third-order valence-corrected chi connectivity index (χ3v) is 14.6. The minimum Gasteiger partial charge on any atom is -0.545 e. The third-order valence-electron chi connectivity index (χ3n) is 14.6. The third kappa shape index (κ3) is 59.2. The molecule has 2 atom stereocenters. The molecule has 0 aliphatic rings. The van der Waals surface area contributed by atoms with Crippen molar-refractivity contribution in [3.8, 4) is 0 Å². The summed E-state index contributed by atoms with van der Waals surface area (Å²) in [5.74, 6) is -2.28. The monoisotopic (exact) mass is 1070 g/mol. The largest absolute Gasteiger partial charge is 0.545 e. The standard InChI is InChI=1S/C67H125NO8/c1-6-8-10-12-14-16-18-19-20-21-22-23-24-25-26-27-28-29-30-31-32-33-34-35-36-37-38-39-40-41-42-43-44-45-46-47-48-50-52-54-56-58-65(70)76-63(62-75-67(66(71)72)73-60-59-68(3,4)5)61-74-64(69)57-55-53-51-49-17-15-13-11-9-7-2/h11,13,18-19,21-22,63,67H,6-10,12,14-17,20,23-62H2,1-5H3/b13-11-,19-18-,22-21-. The van der Waals surface area contributed by atoms with Crippen LogP contribution in [-0.4, -0.2) is 82.3 Å². The average Bonchev–Trinajstić information content (AvgIpc) is 3.39. The van der Waals surface area contributed by atoms with Crippen LogP contribution in [-0.2, 0) is 33.3 Å². The fraction of sp³-hybridized carbons (Fsp3) is 0.866. The van der Waals surface area contributed by atoms with Crippen LogP contribution in [0.5, 0.6) is 0 Å². The van der Waals surface area contributed by atoms with Crippen molar-refractivity contribution in [1.82, 2.24) is 0 Å². The van der Waals surface area contributed by atoms with Crippen LogP contribution in [0.25, 0.3) is 0 Å². The van der Waals surface area contributed by atoms with E-state index in [1.165, 1.54) is 218 Å². The van der Waals surface area contributed by atoms with Crippen LogP contribution < -0.4 is 5.11 Å². The van der Waals surface area contributed by atoms with Crippen molar-refractivity contribution in [2.24, 2.45) is 0 Å². The van der Waals surface area contributed by atoms with Crippen LogP contribution >= 0.6 is 0 Å². The number of ether oxygens (including phenoxy) is 4. The normalized spacial score (nSPS) is 12.9. The number of quaternary nitrogens is 1. The van der Waals surface area contributed by atoms with Gasteiger partial charge in [0.25, 0.3) is 0 Å². The topological polar surface area (TPSA) is 111 Å². The van der Waals surface area contributed by atoms with E-state index in [1.54, 1.807) is 0 Å². The van der Waals surface area contributed by atoms with Gasteiger partial charge in [-0.25, -0.2) is 0 Å². The molecule has 0 amide bonds. The van der Waals surface area contributed by atoms with E-state index >= 15 is 0 Å². The molecule has 2 unspecified atom stereocenters. The summed E-state index contributed by atoms with van der Waals surface area (Å²) >= 11 is 0. The first-order chi connectivity index (χ1) is 37.1. The van der Waals surface area contributed by atoms with Gasteiger partial charge >= 0.3 is 11.9 Å². The number of esters is 2.